The van der Waals surface area contributed by atoms with Crippen LogP contribution in [0.4, 0.5) is 0 Å². The number of hydrogen-bond donors (Lipinski definition) is 3. The molecular weight excluding hydrogens is 422 g/mol. The molecule has 8 nitrogen and oxygen atoms in total. The van der Waals surface area contributed by atoms with Gasteiger partial charge in [0.1, 0.15) is 5.76 Å². The molecule has 0 saturated carbocycles. The molecule has 2 rings (SSSR count). The van der Waals surface area contributed by atoms with E-state index in [9.17, 15) is 19.6 Å². The summed E-state index contributed by atoms with van der Waals surface area (Å²) in [7, 11) is 0. The molecule has 0 aliphatic rings. The fourth-order valence-electron chi connectivity index (χ4n) is 3.79. The second-order valence-corrected chi connectivity index (χ2v) is 8.25. The first kappa shape index (κ1) is 26.1. The van der Waals surface area contributed by atoms with E-state index in [1.54, 1.807) is 12.1 Å². The first-order valence-corrected chi connectivity index (χ1v) is 11.5. The van der Waals surface area contributed by atoms with Crippen LogP contribution in [-0.2, 0) is 9.59 Å². The van der Waals surface area contributed by atoms with Crippen LogP contribution in [0, 0.1) is 19.8 Å². The largest absolute Gasteiger partial charge is 0.451 e. The van der Waals surface area contributed by atoms with Crippen molar-refractivity contribution in [2.75, 3.05) is 6.67 Å². The van der Waals surface area contributed by atoms with Gasteiger partial charge in [0, 0.05) is 5.56 Å². The number of hydrogen-bond acceptors (Lipinski definition) is 5. The molecule has 0 unspecified atom stereocenters. The third kappa shape index (κ3) is 7.18. The first-order valence-electron chi connectivity index (χ1n) is 11.5. The molecule has 33 heavy (non-hydrogen) atoms. The Morgan fingerprint density at radius 3 is 2.48 bits per heavy atom. The standard InChI is InChI=1S/C25H35N3O5/c1-5-7-8-9-20(21(6-2)28(32)16-29)24(30)26-15-27-25(31)23-13-12-22(33-23)19-11-10-17(3)18(4)14-19/h10-14,16,20-21,32H,5-9,15H2,1-4H3,(H,26,30)(H,27,31)/t20-,21-/m1/s1. The third-order valence-electron chi connectivity index (χ3n) is 5.92. The van der Waals surface area contributed by atoms with E-state index in [1.807, 2.05) is 39.0 Å². The van der Waals surface area contributed by atoms with Gasteiger partial charge in [0.05, 0.1) is 18.6 Å². The van der Waals surface area contributed by atoms with E-state index in [-0.39, 0.29) is 18.3 Å². The van der Waals surface area contributed by atoms with Crippen LogP contribution in [0.5, 0.6) is 0 Å². The highest BCUT2D eigenvalue weighted by Gasteiger charge is 2.30. The lowest BCUT2D eigenvalue weighted by molar-refractivity contribution is -0.168. The van der Waals surface area contributed by atoms with E-state index in [0.29, 0.717) is 30.1 Å². The summed E-state index contributed by atoms with van der Waals surface area (Å²) in [5.74, 6) is -0.614. The van der Waals surface area contributed by atoms with Crippen molar-refractivity contribution >= 4 is 18.2 Å². The van der Waals surface area contributed by atoms with Crippen molar-refractivity contribution in [2.45, 2.75) is 65.8 Å². The van der Waals surface area contributed by atoms with E-state index in [0.717, 1.165) is 30.4 Å². The Labute approximate surface area is 195 Å². The van der Waals surface area contributed by atoms with Crippen molar-refractivity contribution < 1.29 is 24.0 Å². The zero-order chi connectivity index (χ0) is 24.4. The van der Waals surface area contributed by atoms with Gasteiger partial charge in [-0.3, -0.25) is 19.6 Å². The van der Waals surface area contributed by atoms with E-state index < -0.39 is 17.9 Å². The quantitative estimate of drug-likeness (QED) is 0.137. The number of carbonyl (C=O) groups excluding carboxylic acids is 3. The number of nitrogens with one attached hydrogen (secondary N) is 2. The number of benzene rings is 1. The van der Waals surface area contributed by atoms with Gasteiger partial charge >= 0.3 is 0 Å². The van der Waals surface area contributed by atoms with E-state index in [4.69, 9.17) is 4.42 Å². The summed E-state index contributed by atoms with van der Waals surface area (Å²) in [6.45, 7) is 7.82. The Bertz CT molecular complexity index is 940. The minimum absolute atomic E-state index is 0.0927. The molecule has 0 spiro atoms. The van der Waals surface area contributed by atoms with E-state index >= 15 is 0 Å². The van der Waals surface area contributed by atoms with Gasteiger partial charge in [0.2, 0.25) is 12.3 Å². The highest BCUT2D eigenvalue weighted by atomic mass is 16.5. The maximum Gasteiger partial charge on any atom is 0.288 e. The van der Waals surface area contributed by atoms with Crippen LogP contribution in [-0.4, -0.2) is 41.2 Å². The number of aryl methyl sites for hydroxylation is 2. The maximum atomic E-state index is 12.8. The third-order valence-corrected chi connectivity index (χ3v) is 5.92. The Morgan fingerprint density at radius 2 is 1.85 bits per heavy atom. The SMILES string of the molecule is CCCCC[C@@H](C(=O)NCNC(=O)c1ccc(-c2ccc(C)c(C)c2)o1)[C@@H](CC)N(O)C=O. The molecule has 1 heterocycles. The average Bonchev–Trinajstić information content (AvgIpc) is 3.30. The van der Waals surface area contributed by atoms with Crippen molar-refractivity contribution in [1.82, 2.24) is 15.7 Å². The van der Waals surface area contributed by atoms with Crippen molar-refractivity contribution in [1.29, 1.82) is 0 Å². The smallest absolute Gasteiger partial charge is 0.288 e. The highest BCUT2D eigenvalue weighted by molar-refractivity contribution is 5.92. The number of furan rings is 1. The Balaban J connectivity index is 1.97. The number of hydroxylamine groups is 2. The fraction of sp³-hybridized carbons (Fsp3) is 0.480. The predicted octanol–water partition coefficient (Wildman–Crippen LogP) is 4.19. The Morgan fingerprint density at radius 1 is 1.09 bits per heavy atom. The second-order valence-electron chi connectivity index (χ2n) is 8.25. The zero-order valence-corrected chi connectivity index (χ0v) is 19.9. The maximum absolute atomic E-state index is 12.8. The van der Waals surface area contributed by atoms with Crippen LogP contribution in [0.2, 0.25) is 0 Å². The van der Waals surface area contributed by atoms with Gasteiger partial charge in [-0.05, 0) is 56.0 Å². The van der Waals surface area contributed by atoms with Gasteiger partial charge in [-0.15, -0.1) is 0 Å². The second kappa shape index (κ2) is 12.8. The van der Waals surface area contributed by atoms with Gasteiger partial charge in [-0.2, -0.15) is 0 Å². The van der Waals surface area contributed by atoms with Crippen molar-refractivity contribution in [3.05, 3.63) is 47.2 Å². The lowest BCUT2D eigenvalue weighted by atomic mass is 9.90. The van der Waals surface area contributed by atoms with Gasteiger partial charge < -0.3 is 15.1 Å². The van der Waals surface area contributed by atoms with Crippen molar-refractivity contribution in [3.63, 3.8) is 0 Å². The summed E-state index contributed by atoms with van der Waals surface area (Å²) in [6, 6.07) is 8.65. The average molecular weight is 458 g/mol. The molecule has 0 radical (unpaired) electrons. The van der Waals surface area contributed by atoms with Crippen LogP contribution >= 0.6 is 0 Å². The monoisotopic (exact) mass is 457 g/mol. The number of nitrogens with zero attached hydrogens (tertiary/aromatic N) is 1. The van der Waals surface area contributed by atoms with Gasteiger partial charge in [-0.25, -0.2) is 5.06 Å². The summed E-state index contributed by atoms with van der Waals surface area (Å²) < 4.78 is 5.70. The molecular formula is C25H35N3O5. The van der Waals surface area contributed by atoms with Crippen molar-refractivity contribution in [2.24, 2.45) is 5.92 Å². The minimum Gasteiger partial charge on any atom is -0.451 e. The summed E-state index contributed by atoms with van der Waals surface area (Å²) in [5.41, 5.74) is 3.19. The summed E-state index contributed by atoms with van der Waals surface area (Å²) in [4.78, 5) is 36.3. The molecule has 0 aliphatic carbocycles. The molecule has 1 aromatic heterocycles. The van der Waals surface area contributed by atoms with Crippen LogP contribution in [0.25, 0.3) is 11.3 Å². The Kier molecular flexibility index (Phi) is 10.1. The minimum atomic E-state index is -0.624. The van der Waals surface area contributed by atoms with Gasteiger partial charge in [0.25, 0.3) is 5.91 Å². The number of unbranched alkanes of at least 4 members (excludes halogenated alkanes) is 2. The van der Waals surface area contributed by atoms with Crippen LogP contribution < -0.4 is 10.6 Å². The molecule has 0 aliphatic heterocycles. The number of carbonyl (C=O) groups is 3. The fourth-order valence-corrected chi connectivity index (χ4v) is 3.79. The molecule has 2 atom stereocenters. The van der Waals surface area contributed by atoms with E-state index in [1.165, 1.54) is 5.56 Å². The molecule has 3 amide bonds. The zero-order valence-electron chi connectivity index (χ0n) is 19.9. The van der Waals surface area contributed by atoms with Crippen molar-refractivity contribution in [3.8, 4) is 11.3 Å². The number of rotatable bonds is 13. The highest BCUT2D eigenvalue weighted by Crippen LogP contribution is 2.24. The normalized spacial score (nSPS) is 12.6. The van der Waals surface area contributed by atoms with Gasteiger partial charge in [-0.1, -0.05) is 45.2 Å². The molecule has 8 heteroatoms. The molecule has 0 saturated heterocycles. The molecule has 180 valence electrons. The number of amides is 3. The predicted molar refractivity (Wildman–Crippen MR) is 125 cm³/mol. The molecule has 0 fully saturated rings. The summed E-state index contributed by atoms with van der Waals surface area (Å²) in [5, 5.41) is 15.8. The van der Waals surface area contributed by atoms with Crippen LogP contribution in [0.1, 0.15) is 67.6 Å². The summed E-state index contributed by atoms with van der Waals surface area (Å²) in [6.07, 6.45) is 4.03. The molecule has 0 bridgehead atoms. The molecule has 2 aromatic rings. The van der Waals surface area contributed by atoms with Crippen LogP contribution in [0.3, 0.4) is 0 Å². The topological polar surface area (TPSA) is 112 Å². The van der Waals surface area contributed by atoms with E-state index in [2.05, 4.69) is 17.6 Å². The molecule has 1 aromatic carbocycles. The lowest BCUT2D eigenvalue weighted by Crippen LogP contribution is -2.47. The lowest BCUT2D eigenvalue weighted by Gasteiger charge is -2.29. The first-order chi connectivity index (χ1) is 15.8. The van der Waals surface area contributed by atoms with Crippen LogP contribution in [0.15, 0.2) is 34.7 Å². The Hall–Kier alpha value is -3.13. The molecule has 3 N–H and O–H groups in total. The van der Waals surface area contributed by atoms with Gasteiger partial charge in [0.15, 0.2) is 5.76 Å². The summed E-state index contributed by atoms with van der Waals surface area (Å²) >= 11 is 0.